The van der Waals surface area contributed by atoms with Crippen LogP contribution in [0.25, 0.3) is 0 Å². The molecule has 3 aromatic rings. The largest absolute Gasteiger partial charge is 0.392 e. The van der Waals surface area contributed by atoms with Gasteiger partial charge in [0.1, 0.15) is 0 Å². The van der Waals surface area contributed by atoms with Gasteiger partial charge in [0.15, 0.2) is 6.29 Å². The van der Waals surface area contributed by atoms with E-state index in [1.54, 1.807) is 0 Å². The number of aliphatic hydroxyl groups is 1. The third-order valence-electron chi connectivity index (χ3n) is 6.20. The van der Waals surface area contributed by atoms with Crippen molar-refractivity contribution in [3.8, 4) is 0 Å². The molecule has 0 radical (unpaired) electrons. The van der Waals surface area contributed by atoms with E-state index >= 15 is 0 Å². The molecule has 7 nitrogen and oxygen atoms in total. The summed E-state index contributed by atoms with van der Waals surface area (Å²) < 4.78 is 12.9. The number of amides is 2. The van der Waals surface area contributed by atoms with E-state index in [2.05, 4.69) is 46.8 Å². The first-order chi connectivity index (χ1) is 17.5. The average Bonchev–Trinajstić information content (AvgIpc) is 2.89. The number of nitrogens with zero attached hydrogens (tertiary/aromatic N) is 1. The molecule has 2 amide bonds. The molecule has 1 aliphatic heterocycles. The second kappa shape index (κ2) is 12.6. The van der Waals surface area contributed by atoms with Gasteiger partial charge in [-0.05, 0) is 42.8 Å². The highest BCUT2D eigenvalue weighted by atomic mass is 16.7. The number of ether oxygens (including phenoxy) is 2. The molecule has 3 N–H and O–H groups in total. The first kappa shape index (κ1) is 25.9. The number of hydrogen-bond donors (Lipinski definition) is 3. The Morgan fingerprint density at radius 2 is 1.64 bits per heavy atom. The van der Waals surface area contributed by atoms with Gasteiger partial charge in [0.2, 0.25) is 0 Å². The number of nitrogens with one attached hydrogen (secondary N) is 2. The van der Waals surface area contributed by atoms with Crippen molar-refractivity contribution in [2.75, 3.05) is 25.5 Å². The van der Waals surface area contributed by atoms with E-state index in [-0.39, 0.29) is 24.8 Å². The fourth-order valence-electron chi connectivity index (χ4n) is 4.40. The third kappa shape index (κ3) is 7.15. The predicted octanol–water partition coefficient (Wildman–Crippen LogP) is 5.00. The first-order valence-electron chi connectivity index (χ1n) is 12.4. The van der Waals surface area contributed by atoms with Crippen LogP contribution in [0.3, 0.4) is 0 Å². The lowest BCUT2D eigenvalue weighted by Gasteiger charge is -2.38. The number of likely N-dealkylation sites (N-methyl/N-ethyl adjacent to an activating group) is 1. The Kier molecular flexibility index (Phi) is 9.08. The highest BCUT2D eigenvalue weighted by Crippen LogP contribution is 2.38. The number of carbonyl (C=O) groups excluding carboxylic acids is 1. The van der Waals surface area contributed by atoms with Crippen LogP contribution in [0.4, 0.5) is 10.5 Å². The summed E-state index contributed by atoms with van der Waals surface area (Å²) in [6.07, 6.45) is 0.0214. The van der Waals surface area contributed by atoms with Gasteiger partial charge >= 0.3 is 6.03 Å². The number of anilines is 1. The number of rotatable bonds is 9. The maximum absolute atomic E-state index is 11.8. The highest BCUT2D eigenvalue weighted by molar-refractivity contribution is 5.89. The Hall–Kier alpha value is -3.23. The molecule has 1 saturated heterocycles. The molecule has 1 fully saturated rings. The van der Waals surface area contributed by atoms with Crippen LogP contribution in [0.5, 0.6) is 0 Å². The fourth-order valence-corrected chi connectivity index (χ4v) is 4.40. The van der Waals surface area contributed by atoms with Crippen LogP contribution >= 0.6 is 0 Å². The molecular weight excluding hydrogens is 454 g/mol. The number of hydrogen-bond acceptors (Lipinski definition) is 5. The fraction of sp³-hybridized carbons (Fsp3) is 0.345. The molecule has 1 heterocycles. The quantitative estimate of drug-likeness (QED) is 0.394. The van der Waals surface area contributed by atoms with Gasteiger partial charge in [-0.25, -0.2) is 4.79 Å². The topological polar surface area (TPSA) is 83.1 Å². The van der Waals surface area contributed by atoms with Crippen molar-refractivity contribution in [1.82, 2.24) is 10.2 Å². The Morgan fingerprint density at radius 1 is 0.944 bits per heavy atom. The lowest BCUT2D eigenvalue weighted by molar-refractivity contribution is -0.252. The average molecular weight is 490 g/mol. The van der Waals surface area contributed by atoms with Gasteiger partial charge < -0.3 is 25.2 Å². The van der Waals surface area contributed by atoms with Crippen molar-refractivity contribution in [2.45, 2.75) is 45.0 Å². The van der Waals surface area contributed by atoms with Gasteiger partial charge in [0, 0.05) is 37.3 Å². The highest BCUT2D eigenvalue weighted by Gasteiger charge is 2.32. The van der Waals surface area contributed by atoms with Crippen molar-refractivity contribution in [1.29, 1.82) is 0 Å². The Balaban J connectivity index is 1.49. The normalized spacial score (nSPS) is 19.7. The Morgan fingerprint density at radius 3 is 2.31 bits per heavy atom. The van der Waals surface area contributed by atoms with Crippen LogP contribution in [0.15, 0.2) is 78.9 Å². The summed E-state index contributed by atoms with van der Waals surface area (Å²) >= 11 is 0. The molecule has 0 aromatic heterocycles. The maximum Gasteiger partial charge on any atom is 0.319 e. The molecule has 4 rings (SSSR count). The second-order valence-corrected chi connectivity index (χ2v) is 9.14. The van der Waals surface area contributed by atoms with Crippen molar-refractivity contribution in [3.05, 3.63) is 101 Å². The van der Waals surface area contributed by atoms with Crippen LogP contribution in [0.2, 0.25) is 0 Å². The predicted molar refractivity (Wildman–Crippen MR) is 140 cm³/mol. The molecular formula is C29H35N3O4. The number of urea groups is 1. The summed E-state index contributed by atoms with van der Waals surface area (Å²) in [7, 11) is 2.10. The lowest BCUT2D eigenvalue weighted by Crippen LogP contribution is -2.37. The number of aliphatic hydroxyl groups excluding tert-OH is 1. The molecule has 7 heteroatoms. The van der Waals surface area contributed by atoms with Crippen LogP contribution in [0, 0.1) is 0 Å². The zero-order chi connectivity index (χ0) is 25.3. The van der Waals surface area contributed by atoms with E-state index in [0.717, 1.165) is 36.2 Å². The summed E-state index contributed by atoms with van der Waals surface area (Å²) in [6, 6.07) is 25.6. The monoisotopic (exact) mass is 489 g/mol. The molecule has 3 atom stereocenters. The standard InChI is InChI=1S/C29H35N3O4/c1-3-30-29(34)31-25-15-13-24(14-16-25)28-35-26(19-32(2)18-21-7-5-4-6-8-21)17-27(36-28)23-11-9-22(20-33)10-12-23/h4-16,26-28,33H,3,17-20H2,1-2H3,(H2,30,31,34)/t26-,27+,28+/m0/s1. The van der Waals surface area contributed by atoms with E-state index in [9.17, 15) is 9.90 Å². The zero-order valence-electron chi connectivity index (χ0n) is 20.9. The maximum atomic E-state index is 11.8. The minimum Gasteiger partial charge on any atom is -0.392 e. The Labute approximate surface area is 213 Å². The van der Waals surface area contributed by atoms with Gasteiger partial charge in [0.25, 0.3) is 0 Å². The van der Waals surface area contributed by atoms with Crippen molar-refractivity contribution < 1.29 is 19.4 Å². The van der Waals surface area contributed by atoms with E-state index < -0.39 is 6.29 Å². The molecule has 0 saturated carbocycles. The van der Waals surface area contributed by atoms with Crippen molar-refractivity contribution in [3.63, 3.8) is 0 Å². The number of benzene rings is 3. The van der Waals surface area contributed by atoms with Gasteiger partial charge in [-0.3, -0.25) is 4.90 Å². The second-order valence-electron chi connectivity index (χ2n) is 9.14. The van der Waals surface area contributed by atoms with Gasteiger partial charge in [-0.1, -0.05) is 66.7 Å². The van der Waals surface area contributed by atoms with Crippen LogP contribution in [0.1, 0.15) is 48.0 Å². The molecule has 0 unspecified atom stereocenters. The van der Waals surface area contributed by atoms with Gasteiger partial charge in [-0.2, -0.15) is 0 Å². The smallest absolute Gasteiger partial charge is 0.319 e. The van der Waals surface area contributed by atoms with Gasteiger partial charge in [0.05, 0.1) is 18.8 Å². The summed E-state index contributed by atoms with van der Waals surface area (Å²) in [5.41, 5.74) is 4.79. The summed E-state index contributed by atoms with van der Waals surface area (Å²) in [5.74, 6) is 0. The van der Waals surface area contributed by atoms with Crippen molar-refractivity contribution >= 4 is 11.7 Å². The molecule has 190 valence electrons. The first-order valence-corrected chi connectivity index (χ1v) is 12.4. The molecule has 0 aliphatic carbocycles. The van der Waals surface area contributed by atoms with Crippen molar-refractivity contribution in [2.24, 2.45) is 0 Å². The minimum atomic E-state index is -0.532. The summed E-state index contributed by atoms with van der Waals surface area (Å²) in [4.78, 5) is 14.1. The SMILES string of the molecule is CCNC(=O)Nc1ccc([C@@H]2O[C@H](CN(C)Cc3ccccc3)C[C@H](c3ccc(CO)cc3)O2)cc1. The van der Waals surface area contributed by atoms with Crippen LogP contribution < -0.4 is 10.6 Å². The molecule has 1 aliphatic rings. The van der Waals surface area contributed by atoms with Crippen LogP contribution in [-0.4, -0.2) is 42.3 Å². The molecule has 0 bridgehead atoms. The Bertz CT molecular complexity index is 1090. The van der Waals surface area contributed by atoms with E-state index in [1.807, 2.05) is 61.5 Å². The van der Waals surface area contributed by atoms with Crippen LogP contribution in [-0.2, 0) is 22.6 Å². The van der Waals surface area contributed by atoms with E-state index in [0.29, 0.717) is 12.2 Å². The molecule has 36 heavy (non-hydrogen) atoms. The lowest BCUT2D eigenvalue weighted by atomic mass is 9.99. The van der Waals surface area contributed by atoms with E-state index in [1.165, 1.54) is 5.56 Å². The molecule has 0 spiro atoms. The van der Waals surface area contributed by atoms with Gasteiger partial charge in [-0.15, -0.1) is 0 Å². The third-order valence-corrected chi connectivity index (χ3v) is 6.20. The zero-order valence-corrected chi connectivity index (χ0v) is 20.9. The molecule has 3 aromatic carbocycles. The minimum absolute atomic E-state index is 0.0150. The summed E-state index contributed by atoms with van der Waals surface area (Å²) in [5, 5.41) is 15.0. The number of carbonyl (C=O) groups is 1. The summed E-state index contributed by atoms with van der Waals surface area (Å²) in [6.45, 7) is 4.05. The van der Waals surface area contributed by atoms with E-state index in [4.69, 9.17) is 9.47 Å².